The molecule has 1 aliphatic carbocycles. The van der Waals surface area contributed by atoms with Crippen molar-refractivity contribution in [1.29, 1.82) is 5.26 Å². The van der Waals surface area contributed by atoms with E-state index < -0.39 is 0 Å². The smallest absolute Gasteiger partial charge is 0.110 e. The zero-order chi connectivity index (χ0) is 11.3. The van der Waals surface area contributed by atoms with Crippen molar-refractivity contribution in [3.05, 3.63) is 0 Å². The number of nitriles is 1. The zero-order valence-corrected chi connectivity index (χ0v) is 9.71. The second-order valence-corrected chi connectivity index (χ2v) is 4.74. The molecule has 1 aliphatic rings. The largest absolute Gasteiger partial charge is 0.288 e. The lowest BCUT2D eigenvalue weighted by molar-refractivity contribution is 0.155. The van der Waals surface area contributed by atoms with Gasteiger partial charge in [-0.25, -0.2) is 0 Å². The summed E-state index contributed by atoms with van der Waals surface area (Å²) in [5, 5.41) is 12.7. The molecule has 1 fully saturated rings. The maximum absolute atomic E-state index is 9.41. The molecule has 1 rings (SSSR count). The van der Waals surface area contributed by atoms with E-state index in [4.69, 9.17) is 6.42 Å². The molecular formula is C13H20N2. The summed E-state index contributed by atoms with van der Waals surface area (Å²) in [4.78, 5) is 0. The summed E-state index contributed by atoms with van der Waals surface area (Å²) in [6.45, 7) is 4.88. The second-order valence-electron chi connectivity index (χ2n) is 4.74. The van der Waals surface area contributed by atoms with E-state index in [2.05, 4.69) is 31.2 Å². The van der Waals surface area contributed by atoms with Gasteiger partial charge in [-0.05, 0) is 24.7 Å². The third-order valence-electron chi connectivity index (χ3n) is 3.48. The first-order chi connectivity index (χ1) is 7.16. The van der Waals surface area contributed by atoms with E-state index in [-0.39, 0.29) is 5.54 Å². The van der Waals surface area contributed by atoms with Gasteiger partial charge in [0, 0.05) is 0 Å². The fourth-order valence-electron chi connectivity index (χ4n) is 2.71. The molecule has 0 aliphatic heterocycles. The fourth-order valence-corrected chi connectivity index (χ4v) is 2.71. The average Bonchev–Trinajstić information content (AvgIpc) is 2.26. The van der Waals surface area contributed by atoms with Gasteiger partial charge in [0.15, 0.2) is 0 Å². The lowest BCUT2D eigenvalue weighted by Gasteiger charge is -2.41. The van der Waals surface area contributed by atoms with Crippen molar-refractivity contribution in [3.63, 3.8) is 0 Å². The molecule has 15 heavy (non-hydrogen) atoms. The van der Waals surface area contributed by atoms with E-state index in [0.29, 0.717) is 18.4 Å². The lowest BCUT2D eigenvalue weighted by atomic mass is 9.68. The molecule has 0 amide bonds. The molecule has 1 saturated carbocycles. The van der Waals surface area contributed by atoms with Gasteiger partial charge in [0.1, 0.15) is 5.54 Å². The predicted octanol–water partition coefficient (Wildman–Crippen LogP) is 2.32. The van der Waals surface area contributed by atoms with Crippen LogP contribution in [0.1, 0.15) is 39.5 Å². The number of nitrogens with one attached hydrogen (secondary N) is 1. The van der Waals surface area contributed by atoms with Gasteiger partial charge in [-0.1, -0.05) is 32.6 Å². The van der Waals surface area contributed by atoms with Crippen LogP contribution in [-0.2, 0) is 0 Å². The van der Waals surface area contributed by atoms with Crippen molar-refractivity contribution < 1.29 is 0 Å². The van der Waals surface area contributed by atoms with Crippen LogP contribution in [0.4, 0.5) is 0 Å². The molecule has 2 unspecified atom stereocenters. The lowest BCUT2D eigenvalue weighted by Crippen LogP contribution is -2.53. The maximum Gasteiger partial charge on any atom is 0.110 e. The molecule has 82 valence electrons. The van der Waals surface area contributed by atoms with Gasteiger partial charge < -0.3 is 0 Å². The Morgan fingerprint density at radius 3 is 2.80 bits per heavy atom. The van der Waals surface area contributed by atoms with Crippen LogP contribution in [0.2, 0.25) is 0 Å². The zero-order valence-electron chi connectivity index (χ0n) is 9.71. The van der Waals surface area contributed by atoms with Crippen molar-refractivity contribution in [3.8, 4) is 18.4 Å². The van der Waals surface area contributed by atoms with Crippen LogP contribution < -0.4 is 5.32 Å². The molecule has 0 radical (unpaired) electrons. The summed E-state index contributed by atoms with van der Waals surface area (Å²) in [6.07, 6.45) is 9.71. The molecule has 2 nitrogen and oxygen atoms in total. The Morgan fingerprint density at radius 2 is 2.27 bits per heavy atom. The van der Waals surface area contributed by atoms with Gasteiger partial charge in [0.05, 0.1) is 12.6 Å². The number of hydrogen-bond donors (Lipinski definition) is 1. The van der Waals surface area contributed by atoms with E-state index in [1.54, 1.807) is 0 Å². The molecule has 2 heteroatoms. The standard InChI is InChI=1S/C13H20N2/c1-4-9-15-13(10-14)8-6-5-7-12(13)11(2)3/h1,11-12,15H,5-9H2,2-3H3. The average molecular weight is 204 g/mol. The van der Waals surface area contributed by atoms with Crippen LogP contribution in [0.15, 0.2) is 0 Å². The van der Waals surface area contributed by atoms with E-state index in [1.165, 1.54) is 6.42 Å². The summed E-state index contributed by atoms with van der Waals surface area (Å²) in [7, 11) is 0. The monoisotopic (exact) mass is 204 g/mol. The highest BCUT2D eigenvalue weighted by atomic mass is 15.0. The molecular weight excluding hydrogens is 184 g/mol. The molecule has 0 aromatic heterocycles. The van der Waals surface area contributed by atoms with Crippen molar-refractivity contribution in [2.45, 2.75) is 45.1 Å². The predicted molar refractivity (Wildman–Crippen MR) is 62.0 cm³/mol. The van der Waals surface area contributed by atoms with Crippen molar-refractivity contribution >= 4 is 0 Å². The quantitative estimate of drug-likeness (QED) is 0.716. The molecule has 0 aromatic rings. The highest BCUT2D eigenvalue weighted by molar-refractivity contribution is 5.14. The van der Waals surface area contributed by atoms with Crippen LogP contribution in [0.3, 0.4) is 0 Å². The summed E-state index contributed by atoms with van der Waals surface area (Å²) in [6, 6.07) is 2.48. The summed E-state index contributed by atoms with van der Waals surface area (Å²) >= 11 is 0. The van der Waals surface area contributed by atoms with Crippen LogP contribution in [0, 0.1) is 35.5 Å². The van der Waals surface area contributed by atoms with Gasteiger partial charge >= 0.3 is 0 Å². The van der Waals surface area contributed by atoms with Crippen LogP contribution in [0.5, 0.6) is 0 Å². The highest BCUT2D eigenvalue weighted by Crippen LogP contribution is 2.37. The molecule has 0 heterocycles. The van der Waals surface area contributed by atoms with Crippen LogP contribution in [-0.4, -0.2) is 12.1 Å². The molecule has 0 bridgehead atoms. The van der Waals surface area contributed by atoms with Crippen molar-refractivity contribution in [2.75, 3.05) is 6.54 Å². The number of terminal acetylenes is 1. The Bertz CT molecular complexity index is 282. The van der Waals surface area contributed by atoms with Crippen LogP contribution in [0.25, 0.3) is 0 Å². The number of rotatable bonds is 3. The third-order valence-corrected chi connectivity index (χ3v) is 3.48. The number of nitrogens with zero attached hydrogens (tertiary/aromatic N) is 1. The van der Waals surface area contributed by atoms with E-state index >= 15 is 0 Å². The minimum atomic E-state index is -0.376. The maximum atomic E-state index is 9.41. The fraction of sp³-hybridized carbons (Fsp3) is 0.769. The summed E-state index contributed by atoms with van der Waals surface area (Å²) < 4.78 is 0. The molecule has 0 aromatic carbocycles. The van der Waals surface area contributed by atoms with Crippen molar-refractivity contribution in [2.24, 2.45) is 11.8 Å². The van der Waals surface area contributed by atoms with E-state index in [0.717, 1.165) is 19.3 Å². The Kier molecular flexibility index (Phi) is 4.18. The second kappa shape index (κ2) is 5.19. The Labute approximate surface area is 93.1 Å². The molecule has 1 N–H and O–H groups in total. The van der Waals surface area contributed by atoms with Gasteiger partial charge in [-0.2, -0.15) is 5.26 Å². The van der Waals surface area contributed by atoms with Gasteiger partial charge in [0.2, 0.25) is 0 Å². The minimum absolute atomic E-state index is 0.376. The summed E-state index contributed by atoms with van der Waals surface area (Å²) in [5.74, 6) is 3.54. The number of hydrogen-bond acceptors (Lipinski definition) is 2. The Hall–Kier alpha value is -0.990. The molecule has 0 spiro atoms. The first-order valence-corrected chi connectivity index (χ1v) is 5.76. The Balaban J connectivity index is 2.82. The summed E-state index contributed by atoms with van der Waals surface area (Å²) in [5.41, 5.74) is -0.376. The van der Waals surface area contributed by atoms with E-state index in [1.807, 2.05) is 0 Å². The van der Waals surface area contributed by atoms with Gasteiger partial charge in [-0.15, -0.1) is 6.42 Å². The molecule has 0 saturated heterocycles. The SMILES string of the molecule is C#CCNC1(C#N)CCCCC1C(C)C. The van der Waals surface area contributed by atoms with Gasteiger partial charge in [0.25, 0.3) is 0 Å². The highest BCUT2D eigenvalue weighted by Gasteiger charge is 2.41. The van der Waals surface area contributed by atoms with Crippen LogP contribution >= 0.6 is 0 Å². The normalized spacial score (nSPS) is 30.9. The van der Waals surface area contributed by atoms with E-state index in [9.17, 15) is 5.26 Å². The van der Waals surface area contributed by atoms with Crippen molar-refractivity contribution in [1.82, 2.24) is 5.32 Å². The van der Waals surface area contributed by atoms with Gasteiger partial charge in [-0.3, -0.25) is 5.32 Å². The third kappa shape index (κ3) is 2.52. The molecule has 2 atom stereocenters. The first kappa shape index (κ1) is 12.1. The topological polar surface area (TPSA) is 35.8 Å². The Morgan fingerprint density at radius 1 is 1.53 bits per heavy atom. The first-order valence-electron chi connectivity index (χ1n) is 5.76. The minimum Gasteiger partial charge on any atom is -0.288 e.